The van der Waals surface area contributed by atoms with E-state index in [1.54, 1.807) is 6.07 Å². The van der Waals surface area contributed by atoms with Gasteiger partial charge < -0.3 is 0 Å². The smallest absolute Gasteiger partial charge is 0.128 e. The van der Waals surface area contributed by atoms with Crippen LogP contribution >= 0.6 is 0 Å². The summed E-state index contributed by atoms with van der Waals surface area (Å²) in [5.41, 5.74) is 3.27. The number of hydrogen-bond acceptors (Lipinski definition) is 1. The summed E-state index contributed by atoms with van der Waals surface area (Å²) in [6, 6.07) is 3.93. The van der Waals surface area contributed by atoms with Crippen molar-refractivity contribution in [3.8, 4) is 0 Å². The second-order valence-electron chi connectivity index (χ2n) is 6.17. The van der Waals surface area contributed by atoms with Crippen molar-refractivity contribution in [1.82, 2.24) is 4.90 Å². The fourth-order valence-electron chi connectivity index (χ4n) is 2.70. The molecular weight excluding hydrogens is 225 g/mol. The second kappa shape index (κ2) is 5.40. The Kier molecular flexibility index (Phi) is 4.06. The maximum Gasteiger partial charge on any atom is 0.128 e. The summed E-state index contributed by atoms with van der Waals surface area (Å²) in [6.45, 7) is 11.6. The molecule has 0 N–H and O–H groups in total. The fourth-order valence-corrected chi connectivity index (χ4v) is 2.70. The third-order valence-electron chi connectivity index (χ3n) is 3.68. The van der Waals surface area contributed by atoms with Crippen molar-refractivity contribution in [3.05, 3.63) is 34.6 Å². The lowest BCUT2D eigenvalue weighted by Gasteiger charge is -2.30. The molecule has 0 amide bonds. The maximum absolute atomic E-state index is 14.2. The summed E-state index contributed by atoms with van der Waals surface area (Å²) in [4.78, 5) is 2.37. The molecule has 0 saturated heterocycles. The molecule has 1 aliphatic heterocycles. The fraction of sp³-hybridized carbons (Fsp3) is 0.625. The highest BCUT2D eigenvalue weighted by Crippen LogP contribution is 2.27. The minimum absolute atomic E-state index is 0.00958. The Morgan fingerprint density at radius 3 is 2.56 bits per heavy atom. The van der Waals surface area contributed by atoms with Crippen molar-refractivity contribution in [2.75, 3.05) is 13.1 Å². The zero-order valence-electron chi connectivity index (χ0n) is 12.0. The van der Waals surface area contributed by atoms with Gasteiger partial charge in [0.1, 0.15) is 5.82 Å². The summed E-state index contributed by atoms with van der Waals surface area (Å²) < 4.78 is 14.2. The van der Waals surface area contributed by atoms with Crippen molar-refractivity contribution in [1.29, 1.82) is 0 Å². The van der Waals surface area contributed by atoms with Gasteiger partial charge in [-0.25, -0.2) is 4.39 Å². The molecule has 1 nitrogen and oxygen atoms in total. The van der Waals surface area contributed by atoms with E-state index in [0.29, 0.717) is 11.8 Å². The van der Waals surface area contributed by atoms with E-state index in [9.17, 15) is 4.39 Å². The van der Waals surface area contributed by atoms with Gasteiger partial charge in [-0.2, -0.15) is 0 Å². The molecule has 1 aromatic rings. The van der Waals surface area contributed by atoms with Crippen LogP contribution in [0.1, 0.15) is 50.3 Å². The van der Waals surface area contributed by atoms with E-state index < -0.39 is 0 Å². The number of nitrogens with zero attached hydrogens (tertiary/aromatic N) is 1. The number of benzene rings is 1. The minimum Gasteiger partial charge on any atom is -0.298 e. The zero-order valence-corrected chi connectivity index (χ0v) is 12.0. The Balaban J connectivity index is 2.23. The van der Waals surface area contributed by atoms with E-state index in [-0.39, 0.29) is 5.82 Å². The van der Waals surface area contributed by atoms with Crippen LogP contribution in [-0.2, 0) is 13.0 Å². The molecule has 18 heavy (non-hydrogen) atoms. The lowest BCUT2D eigenvalue weighted by molar-refractivity contribution is 0.222. The molecule has 0 aromatic heterocycles. The lowest BCUT2D eigenvalue weighted by Crippen LogP contribution is -2.34. The Morgan fingerprint density at radius 1 is 1.22 bits per heavy atom. The van der Waals surface area contributed by atoms with Crippen LogP contribution in [0, 0.1) is 11.7 Å². The van der Waals surface area contributed by atoms with Crippen LogP contribution in [0.15, 0.2) is 12.1 Å². The predicted molar refractivity (Wildman–Crippen MR) is 74.3 cm³/mol. The number of hydrogen-bond donors (Lipinski definition) is 0. The van der Waals surface area contributed by atoms with Gasteiger partial charge in [0.25, 0.3) is 0 Å². The van der Waals surface area contributed by atoms with Gasteiger partial charge >= 0.3 is 0 Å². The SMILES string of the molecule is CC(C)CN1CCc2cc(C(C)C)cc(F)c2C1. The van der Waals surface area contributed by atoms with Gasteiger partial charge in [-0.05, 0) is 35.4 Å². The normalized spacial score (nSPS) is 16.4. The van der Waals surface area contributed by atoms with Crippen LogP contribution in [0.3, 0.4) is 0 Å². The van der Waals surface area contributed by atoms with Crippen molar-refractivity contribution in [2.24, 2.45) is 5.92 Å². The van der Waals surface area contributed by atoms with Crippen LogP contribution in [0.5, 0.6) is 0 Å². The predicted octanol–water partition coefficient (Wildman–Crippen LogP) is 3.96. The Morgan fingerprint density at radius 2 is 1.94 bits per heavy atom. The molecule has 0 spiro atoms. The van der Waals surface area contributed by atoms with Gasteiger partial charge in [0, 0.05) is 25.2 Å². The summed E-state index contributed by atoms with van der Waals surface area (Å²) in [5.74, 6) is 1.03. The standard InChI is InChI=1S/C16H24FN/c1-11(2)9-18-6-5-13-7-14(12(3)4)8-16(17)15(13)10-18/h7-8,11-12H,5-6,9-10H2,1-4H3. The van der Waals surface area contributed by atoms with Crippen LogP contribution in [0.2, 0.25) is 0 Å². The van der Waals surface area contributed by atoms with E-state index in [1.165, 1.54) is 5.56 Å². The molecule has 100 valence electrons. The lowest BCUT2D eigenvalue weighted by atomic mass is 9.92. The molecule has 0 fully saturated rings. The molecule has 0 unspecified atom stereocenters. The topological polar surface area (TPSA) is 3.24 Å². The molecular formula is C16H24FN. The van der Waals surface area contributed by atoms with Crippen molar-refractivity contribution in [2.45, 2.75) is 46.6 Å². The average Bonchev–Trinajstić information content (AvgIpc) is 2.28. The van der Waals surface area contributed by atoms with E-state index >= 15 is 0 Å². The molecule has 0 atom stereocenters. The minimum atomic E-state index is -0.00958. The molecule has 1 aromatic carbocycles. The van der Waals surface area contributed by atoms with Gasteiger partial charge in [0.2, 0.25) is 0 Å². The van der Waals surface area contributed by atoms with Crippen LogP contribution in [-0.4, -0.2) is 18.0 Å². The van der Waals surface area contributed by atoms with Gasteiger partial charge in [-0.3, -0.25) is 4.90 Å². The molecule has 0 bridgehead atoms. The van der Waals surface area contributed by atoms with Crippen LogP contribution in [0.4, 0.5) is 4.39 Å². The van der Waals surface area contributed by atoms with Crippen molar-refractivity contribution >= 4 is 0 Å². The number of fused-ring (bicyclic) bond motifs is 1. The first-order chi connectivity index (χ1) is 8.47. The molecule has 0 aliphatic carbocycles. The van der Waals surface area contributed by atoms with Gasteiger partial charge in [-0.15, -0.1) is 0 Å². The zero-order chi connectivity index (χ0) is 13.3. The first-order valence-electron chi connectivity index (χ1n) is 7.01. The third-order valence-corrected chi connectivity index (χ3v) is 3.68. The highest BCUT2D eigenvalue weighted by atomic mass is 19.1. The largest absolute Gasteiger partial charge is 0.298 e. The Hall–Kier alpha value is -0.890. The van der Waals surface area contributed by atoms with E-state index in [2.05, 4.69) is 38.7 Å². The number of rotatable bonds is 3. The highest BCUT2D eigenvalue weighted by Gasteiger charge is 2.21. The average molecular weight is 249 g/mol. The van der Waals surface area contributed by atoms with Crippen molar-refractivity contribution in [3.63, 3.8) is 0 Å². The third kappa shape index (κ3) is 2.92. The molecule has 1 heterocycles. The molecule has 0 radical (unpaired) electrons. The first kappa shape index (κ1) is 13.5. The van der Waals surface area contributed by atoms with Crippen LogP contribution in [0.25, 0.3) is 0 Å². The second-order valence-corrected chi connectivity index (χ2v) is 6.17. The highest BCUT2D eigenvalue weighted by molar-refractivity contribution is 5.36. The molecule has 1 aliphatic rings. The molecule has 0 saturated carbocycles. The Labute approximate surface area is 110 Å². The monoisotopic (exact) mass is 249 g/mol. The van der Waals surface area contributed by atoms with Crippen LogP contribution < -0.4 is 0 Å². The van der Waals surface area contributed by atoms with Crippen molar-refractivity contribution < 1.29 is 4.39 Å². The van der Waals surface area contributed by atoms with E-state index in [0.717, 1.165) is 37.2 Å². The maximum atomic E-state index is 14.2. The van der Waals surface area contributed by atoms with Gasteiger partial charge in [0.05, 0.1) is 0 Å². The summed E-state index contributed by atoms with van der Waals surface area (Å²) in [6.07, 6.45) is 0.986. The summed E-state index contributed by atoms with van der Waals surface area (Å²) in [7, 11) is 0. The van der Waals surface area contributed by atoms with E-state index in [4.69, 9.17) is 0 Å². The molecule has 2 heteroatoms. The molecule has 2 rings (SSSR count). The van der Waals surface area contributed by atoms with Gasteiger partial charge in [-0.1, -0.05) is 33.8 Å². The quantitative estimate of drug-likeness (QED) is 0.783. The Bertz CT molecular complexity index is 423. The summed E-state index contributed by atoms with van der Waals surface area (Å²) >= 11 is 0. The number of halogens is 1. The summed E-state index contributed by atoms with van der Waals surface area (Å²) in [5, 5.41) is 0. The first-order valence-corrected chi connectivity index (χ1v) is 7.01. The van der Waals surface area contributed by atoms with E-state index in [1.807, 2.05) is 0 Å². The van der Waals surface area contributed by atoms with Gasteiger partial charge in [0.15, 0.2) is 0 Å².